The van der Waals surface area contributed by atoms with Gasteiger partial charge in [-0.25, -0.2) is 0 Å². The van der Waals surface area contributed by atoms with Gasteiger partial charge in [0, 0.05) is 12.6 Å². The molecule has 15 heavy (non-hydrogen) atoms. The molecule has 0 amide bonds. The molecule has 0 aliphatic carbocycles. The van der Waals surface area contributed by atoms with E-state index in [0.717, 1.165) is 5.56 Å². The first kappa shape index (κ1) is 13.8. The molecule has 0 unspecified atom stereocenters. The highest BCUT2D eigenvalue weighted by Crippen LogP contribution is 2.18. The summed E-state index contributed by atoms with van der Waals surface area (Å²) in [5, 5.41) is 10.3. The highest BCUT2D eigenvalue weighted by molar-refractivity contribution is 5.85. The van der Waals surface area contributed by atoms with Crippen molar-refractivity contribution in [2.45, 2.75) is 6.54 Å². The summed E-state index contributed by atoms with van der Waals surface area (Å²) in [6, 6.07) is 3.94. The van der Waals surface area contributed by atoms with E-state index in [2.05, 4.69) is 0 Å². The molecule has 1 aromatic rings. The van der Waals surface area contributed by atoms with Gasteiger partial charge in [0.15, 0.2) is 0 Å². The monoisotopic (exact) mass is 234 g/mol. The van der Waals surface area contributed by atoms with E-state index >= 15 is 0 Å². The molecule has 1 aromatic carbocycles. The first-order valence-corrected chi connectivity index (χ1v) is 4.08. The van der Waals surface area contributed by atoms with Crippen LogP contribution in [0.2, 0.25) is 0 Å². The van der Waals surface area contributed by atoms with E-state index in [4.69, 9.17) is 0 Å². The Labute approximate surface area is 93.3 Å². The number of rotatable bonds is 3. The molecule has 0 saturated heterocycles. The zero-order valence-electron chi connectivity index (χ0n) is 8.44. The minimum Gasteiger partial charge on any atom is -0.305 e. The smallest absolute Gasteiger partial charge is 0.304 e. The maximum atomic E-state index is 13.1. The lowest BCUT2D eigenvalue weighted by Crippen LogP contribution is -2.10. The number of halogens is 2. The zero-order chi connectivity index (χ0) is 10.7. The Morgan fingerprint density at radius 1 is 1.47 bits per heavy atom. The SMILES string of the molecule is CN(C)Cc1ccc([N+](=O)[O-])c(F)c1.Cl. The van der Waals surface area contributed by atoms with Crippen molar-refractivity contribution >= 4 is 18.1 Å². The quantitative estimate of drug-likeness (QED) is 0.595. The Morgan fingerprint density at radius 2 is 2.07 bits per heavy atom. The maximum absolute atomic E-state index is 13.1. The molecule has 6 heteroatoms. The fourth-order valence-electron chi connectivity index (χ4n) is 1.16. The van der Waals surface area contributed by atoms with E-state index in [1.165, 1.54) is 12.1 Å². The van der Waals surface area contributed by atoms with Crippen molar-refractivity contribution in [1.82, 2.24) is 4.90 Å². The van der Waals surface area contributed by atoms with Crippen LogP contribution in [-0.4, -0.2) is 23.9 Å². The Balaban J connectivity index is 0.00000196. The van der Waals surface area contributed by atoms with Crippen molar-refractivity contribution in [3.05, 3.63) is 39.7 Å². The third-order valence-corrected chi connectivity index (χ3v) is 1.71. The normalized spacial score (nSPS) is 9.87. The first-order chi connectivity index (χ1) is 6.50. The molecule has 0 heterocycles. The summed E-state index contributed by atoms with van der Waals surface area (Å²) in [4.78, 5) is 11.4. The van der Waals surface area contributed by atoms with Crippen LogP contribution in [0, 0.1) is 15.9 Å². The van der Waals surface area contributed by atoms with Gasteiger partial charge in [0.25, 0.3) is 0 Å². The Kier molecular flexibility index (Phi) is 5.18. The Morgan fingerprint density at radius 3 is 2.47 bits per heavy atom. The van der Waals surface area contributed by atoms with Gasteiger partial charge < -0.3 is 4.90 Å². The van der Waals surface area contributed by atoms with E-state index in [9.17, 15) is 14.5 Å². The van der Waals surface area contributed by atoms with Crippen LogP contribution in [-0.2, 0) is 6.54 Å². The second-order valence-electron chi connectivity index (χ2n) is 3.28. The van der Waals surface area contributed by atoms with E-state index in [-0.39, 0.29) is 12.4 Å². The summed E-state index contributed by atoms with van der Waals surface area (Å²) >= 11 is 0. The standard InChI is InChI=1S/C9H11FN2O2.ClH/c1-11(2)6-7-3-4-9(12(13)14)8(10)5-7;/h3-5H,6H2,1-2H3;1H. The molecule has 0 bridgehead atoms. The van der Waals surface area contributed by atoms with E-state index in [0.29, 0.717) is 6.54 Å². The summed E-state index contributed by atoms with van der Waals surface area (Å²) in [7, 11) is 3.69. The molecule has 0 aliphatic heterocycles. The third-order valence-electron chi connectivity index (χ3n) is 1.71. The lowest BCUT2D eigenvalue weighted by molar-refractivity contribution is -0.387. The highest BCUT2D eigenvalue weighted by atomic mass is 35.5. The predicted octanol–water partition coefficient (Wildman–Crippen LogP) is 2.22. The molecule has 0 N–H and O–H groups in total. The van der Waals surface area contributed by atoms with Gasteiger partial charge in [-0.2, -0.15) is 4.39 Å². The van der Waals surface area contributed by atoms with Crippen molar-refractivity contribution in [3.63, 3.8) is 0 Å². The molecule has 0 radical (unpaired) electrons. The van der Waals surface area contributed by atoms with Gasteiger partial charge in [0.1, 0.15) is 0 Å². The maximum Gasteiger partial charge on any atom is 0.304 e. The summed E-state index contributed by atoms with van der Waals surface area (Å²) in [5.74, 6) is -0.783. The Hall–Kier alpha value is -1.20. The summed E-state index contributed by atoms with van der Waals surface area (Å²) in [5.41, 5.74) is 0.241. The van der Waals surface area contributed by atoms with Gasteiger partial charge in [0.05, 0.1) is 4.92 Å². The van der Waals surface area contributed by atoms with Gasteiger partial charge in [-0.3, -0.25) is 10.1 Å². The van der Waals surface area contributed by atoms with Gasteiger partial charge in [-0.15, -0.1) is 12.4 Å². The minimum absolute atomic E-state index is 0. The summed E-state index contributed by atoms with van der Waals surface area (Å²) in [6.45, 7) is 0.564. The van der Waals surface area contributed by atoms with Crippen LogP contribution in [0.1, 0.15) is 5.56 Å². The largest absolute Gasteiger partial charge is 0.305 e. The average Bonchev–Trinajstić information content (AvgIpc) is 2.01. The average molecular weight is 235 g/mol. The summed E-state index contributed by atoms with van der Waals surface area (Å²) < 4.78 is 13.1. The van der Waals surface area contributed by atoms with Gasteiger partial charge >= 0.3 is 5.69 Å². The van der Waals surface area contributed by atoms with Gasteiger partial charge in [-0.1, -0.05) is 6.07 Å². The van der Waals surface area contributed by atoms with Crippen LogP contribution < -0.4 is 0 Å². The molecule has 0 aliphatic rings. The molecule has 1 rings (SSSR count). The highest BCUT2D eigenvalue weighted by Gasteiger charge is 2.13. The summed E-state index contributed by atoms with van der Waals surface area (Å²) in [6.07, 6.45) is 0. The minimum atomic E-state index is -0.783. The number of hydrogen-bond donors (Lipinski definition) is 0. The molecule has 4 nitrogen and oxygen atoms in total. The van der Waals surface area contributed by atoms with Crippen LogP contribution in [0.5, 0.6) is 0 Å². The predicted molar refractivity (Wildman–Crippen MR) is 57.7 cm³/mol. The van der Waals surface area contributed by atoms with Crippen LogP contribution in [0.25, 0.3) is 0 Å². The lowest BCUT2D eigenvalue weighted by atomic mass is 10.2. The Bertz CT molecular complexity index is 358. The van der Waals surface area contributed by atoms with Crippen molar-refractivity contribution in [1.29, 1.82) is 0 Å². The van der Waals surface area contributed by atoms with Crippen LogP contribution >= 0.6 is 12.4 Å². The molecular formula is C9H12ClFN2O2. The molecular weight excluding hydrogens is 223 g/mol. The third kappa shape index (κ3) is 3.81. The first-order valence-electron chi connectivity index (χ1n) is 4.08. The number of hydrogen-bond acceptors (Lipinski definition) is 3. The molecule has 84 valence electrons. The van der Waals surface area contributed by atoms with Crippen molar-refractivity contribution in [3.8, 4) is 0 Å². The van der Waals surface area contributed by atoms with Gasteiger partial charge in [-0.05, 0) is 25.7 Å². The molecule has 0 atom stereocenters. The van der Waals surface area contributed by atoms with Crippen LogP contribution in [0.4, 0.5) is 10.1 Å². The van der Waals surface area contributed by atoms with Crippen LogP contribution in [0.15, 0.2) is 18.2 Å². The zero-order valence-corrected chi connectivity index (χ0v) is 9.25. The van der Waals surface area contributed by atoms with Crippen LogP contribution in [0.3, 0.4) is 0 Å². The van der Waals surface area contributed by atoms with Crippen molar-refractivity contribution in [2.75, 3.05) is 14.1 Å². The van der Waals surface area contributed by atoms with Crippen molar-refractivity contribution in [2.24, 2.45) is 0 Å². The van der Waals surface area contributed by atoms with E-state index in [1.54, 1.807) is 6.07 Å². The molecule has 0 aromatic heterocycles. The fourth-order valence-corrected chi connectivity index (χ4v) is 1.16. The second kappa shape index (κ2) is 5.63. The lowest BCUT2D eigenvalue weighted by Gasteiger charge is -2.08. The van der Waals surface area contributed by atoms with Gasteiger partial charge in [0.2, 0.25) is 5.82 Å². The second-order valence-corrected chi connectivity index (χ2v) is 3.28. The number of benzene rings is 1. The number of nitro groups is 1. The van der Waals surface area contributed by atoms with Crippen molar-refractivity contribution < 1.29 is 9.31 Å². The molecule has 0 fully saturated rings. The fraction of sp³-hybridized carbons (Fsp3) is 0.333. The number of nitro benzene ring substituents is 1. The molecule has 0 saturated carbocycles. The van der Waals surface area contributed by atoms with E-state index in [1.807, 2.05) is 19.0 Å². The topological polar surface area (TPSA) is 46.4 Å². The van der Waals surface area contributed by atoms with E-state index < -0.39 is 16.4 Å². The molecule has 0 spiro atoms. The number of nitrogens with zero attached hydrogens (tertiary/aromatic N) is 2.